The number of aliphatic hydroxyl groups excluding tert-OH is 1. The summed E-state index contributed by atoms with van der Waals surface area (Å²) in [7, 11) is 0. The van der Waals surface area contributed by atoms with Gasteiger partial charge in [0.05, 0.1) is 6.54 Å². The maximum Gasteiger partial charge on any atom is 0.251 e. The molecule has 2 fully saturated rings. The molecule has 6 heteroatoms. The van der Waals surface area contributed by atoms with E-state index in [1.807, 2.05) is 11.0 Å². The Morgan fingerprint density at radius 2 is 2.08 bits per heavy atom. The van der Waals surface area contributed by atoms with Crippen LogP contribution in [0.25, 0.3) is 0 Å². The Bertz CT molecular complexity index is 633. The van der Waals surface area contributed by atoms with Crippen LogP contribution >= 0.6 is 0 Å². The highest BCUT2D eigenvalue weighted by Gasteiger charge is 2.34. The lowest BCUT2D eigenvalue weighted by atomic mass is 10.1. The van der Waals surface area contributed by atoms with E-state index < -0.39 is 6.10 Å². The van der Waals surface area contributed by atoms with Crippen molar-refractivity contribution in [2.45, 2.75) is 50.7 Å². The van der Waals surface area contributed by atoms with E-state index in [1.54, 1.807) is 6.07 Å². The van der Waals surface area contributed by atoms with Crippen LogP contribution in [0.2, 0.25) is 0 Å². The molecule has 1 aromatic rings. The lowest BCUT2D eigenvalue weighted by Gasteiger charge is -2.27. The largest absolute Gasteiger partial charge is 0.383 e. The third-order valence-electron chi connectivity index (χ3n) is 4.92. The molecular weight excluding hydrogens is 323 g/mol. The fourth-order valence-corrected chi connectivity index (χ4v) is 3.33. The number of benzene rings is 1. The van der Waals surface area contributed by atoms with Gasteiger partial charge in [-0.05, 0) is 56.2 Å². The predicted molar refractivity (Wildman–Crippen MR) is 91.3 cm³/mol. The van der Waals surface area contributed by atoms with Crippen molar-refractivity contribution in [3.63, 3.8) is 0 Å². The highest BCUT2D eigenvalue weighted by Crippen LogP contribution is 2.27. The van der Waals surface area contributed by atoms with Crippen molar-refractivity contribution in [2.24, 2.45) is 0 Å². The molecule has 1 saturated carbocycles. The van der Waals surface area contributed by atoms with Gasteiger partial charge in [0.15, 0.2) is 0 Å². The van der Waals surface area contributed by atoms with Gasteiger partial charge in [-0.25, -0.2) is 4.39 Å². The zero-order valence-corrected chi connectivity index (χ0v) is 14.4. The molecule has 0 spiro atoms. The van der Waals surface area contributed by atoms with Gasteiger partial charge in [0.2, 0.25) is 5.91 Å². The summed E-state index contributed by atoms with van der Waals surface area (Å²) in [5.41, 5.74) is 0.861. The number of amides is 2. The van der Waals surface area contributed by atoms with Crippen LogP contribution in [-0.4, -0.2) is 58.5 Å². The third kappa shape index (κ3) is 4.78. The molecule has 0 radical (unpaired) electrons. The molecule has 1 aromatic carbocycles. The van der Waals surface area contributed by atoms with Gasteiger partial charge in [-0.1, -0.05) is 12.1 Å². The Morgan fingerprint density at radius 3 is 2.80 bits per heavy atom. The van der Waals surface area contributed by atoms with Gasteiger partial charge < -0.3 is 14.9 Å². The van der Waals surface area contributed by atoms with Gasteiger partial charge in [-0.15, -0.1) is 0 Å². The summed E-state index contributed by atoms with van der Waals surface area (Å²) in [5, 5.41) is 9.83. The van der Waals surface area contributed by atoms with Crippen molar-refractivity contribution in [3.05, 3.63) is 35.6 Å². The van der Waals surface area contributed by atoms with Gasteiger partial charge in [0.25, 0.3) is 5.91 Å². The first kappa shape index (κ1) is 17.9. The summed E-state index contributed by atoms with van der Waals surface area (Å²) in [4.78, 5) is 28.2. The molecule has 0 aromatic heterocycles. The molecule has 1 unspecified atom stereocenters. The Hall–Kier alpha value is -1.95. The first-order chi connectivity index (χ1) is 12.0. The van der Waals surface area contributed by atoms with Crippen LogP contribution < -0.4 is 0 Å². The zero-order chi connectivity index (χ0) is 17.8. The second-order valence-corrected chi connectivity index (χ2v) is 6.97. The van der Waals surface area contributed by atoms with Crippen molar-refractivity contribution in [3.8, 4) is 0 Å². The second-order valence-electron chi connectivity index (χ2n) is 6.97. The normalized spacial score (nSPS) is 21.1. The molecule has 1 N–H and O–H groups in total. The minimum absolute atomic E-state index is 0.0234. The average Bonchev–Trinajstić information content (AvgIpc) is 3.42. The number of likely N-dealkylation sites (tertiary alicyclic amines) is 1. The lowest BCUT2D eigenvalue weighted by molar-refractivity contribution is -0.145. The summed E-state index contributed by atoms with van der Waals surface area (Å²) in [6, 6.07) is 6.65. The van der Waals surface area contributed by atoms with E-state index in [4.69, 9.17) is 0 Å². The van der Waals surface area contributed by atoms with Gasteiger partial charge in [0, 0.05) is 19.1 Å². The van der Waals surface area contributed by atoms with Gasteiger partial charge in [-0.2, -0.15) is 0 Å². The molecule has 2 aliphatic rings. The lowest BCUT2D eigenvalue weighted by Crippen LogP contribution is -2.46. The number of nitrogens with zero attached hydrogens (tertiary/aromatic N) is 2. The van der Waals surface area contributed by atoms with Crippen LogP contribution in [-0.2, 0) is 16.0 Å². The molecule has 2 amide bonds. The maximum absolute atomic E-state index is 13.3. The number of rotatable bonds is 6. The number of aliphatic hydroxyl groups is 1. The third-order valence-corrected chi connectivity index (χ3v) is 4.92. The van der Waals surface area contributed by atoms with Gasteiger partial charge in [-0.3, -0.25) is 9.59 Å². The highest BCUT2D eigenvalue weighted by atomic mass is 19.1. The number of carbonyl (C=O) groups excluding carboxylic acids is 2. The van der Waals surface area contributed by atoms with Crippen LogP contribution in [0.1, 0.15) is 37.7 Å². The summed E-state index contributed by atoms with van der Waals surface area (Å²) < 4.78 is 13.3. The molecule has 1 atom stereocenters. The maximum atomic E-state index is 13.3. The number of carbonyl (C=O) groups is 2. The Labute approximate surface area is 147 Å². The molecule has 5 nitrogen and oxygen atoms in total. The minimum Gasteiger partial charge on any atom is -0.383 e. The molecule has 1 saturated heterocycles. The summed E-state index contributed by atoms with van der Waals surface area (Å²) in [6.45, 7) is 1.07. The predicted octanol–water partition coefficient (Wildman–Crippen LogP) is 1.73. The van der Waals surface area contributed by atoms with Crippen molar-refractivity contribution in [2.75, 3.05) is 19.6 Å². The van der Waals surface area contributed by atoms with E-state index in [-0.39, 0.29) is 30.2 Å². The van der Waals surface area contributed by atoms with Crippen LogP contribution in [0.3, 0.4) is 0 Å². The first-order valence-corrected chi connectivity index (χ1v) is 9.05. The zero-order valence-electron chi connectivity index (χ0n) is 14.4. The van der Waals surface area contributed by atoms with E-state index in [0.717, 1.165) is 31.2 Å². The minimum atomic E-state index is -0.989. The molecule has 1 aliphatic carbocycles. The number of hydrogen-bond donors (Lipinski definition) is 1. The Kier molecular flexibility index (Phi) is 5.68. The number of hydrogen-bond acceptors (Lipinski definition) is 3. The van der Waals surface area contributed by atoms with Crippen LogP contribution in [0, 0.1) is 5.82 Å². The van der Waals surface area contributed by atoms with E-state index >= 15 is 0 Å². The van der Waals surface area contributed by atoms with Gasteiger partial charge >= 0.3 is 0 Å². The summed E-state index contributed by atoms with van der Waals surface area (Å²) in [5.74, 6) is -0.695. The quantitative estimate of drug-likeness (QED) is 0.852. The van der Waals surface area contributed by atoms with E-state index in [2.05, 4.69) is 0 Å². The van der Waals surface area contributed by atoms with E-state index in [9.17, 15) is 19.1 Å². The van der Waals surface area contributed by atoms with Crippen molar-refractivity contribution in [1.82, 2.24) is 9.80 Å². The van der Waals surface area contributed by atoms with Crippen LogP contribution in [0.15, 0.2) is 24.3 Å². The standard InChI is InChI=1S/C19H25FN2O3/c20-15-5-3-4-14(12-15)9-11-22(16-7-8-16)18(24)13-21-10-2-1-6-17(23)19(21)25/h3-5,12,16-17,23H,1-2,6-11,13H2. The monoisotopic (exact) mass is 348 g/mol. The van der Waals surface area contributed by atoms with Crippen LogP contribution in [0.5, 0.6) is 0 Å². The Balaban J connectivity index is 1.60. The Morgan fingerprint density at radius 1 is 1.28 bits per heavy atom. The van der Waals surface area contributed by atoms with Crippen LogP contribution in [0.4, 0.5) is 4.39 Å². The molecule has 0 bridgehead atoms. The molecule has 25 heavy (non-hydrogen) atoms. The summed E-state index contributed by atoms with van der Waals surface area (Å²) in [6.07, 6.45) is 3.63. The smallest absolute Gasteiger partial charge is 0.251 e. The molecular formula is C19H25FN2O3. The fraction of sp³-hybridized carbons (Fsp3) is 0.579. The molecule has 3 rings (SSSR count). The highest BCUT2D eigenvalue weighted by molar-refractivity contribution is 5.87. The number of halogens is 1. The summed E-state index contributed by atoms with van der Waals surface area (Å²) >= 11 is 0. The van der Waals surface area contributed by atoms with Crippen molar-refractivity contribution < 1.29 is 19.1 Å². The fourth-order valence-electron chi connectivity index (χ4n) is 3.33. The van der Waals surface area contributed by atoms with Gasteiger partial charge in [0.1, 0.15) is 11.9 Å². The van der Waals surface area contributed by atoms with E-state index in [1.165, 1.54) is 17.0 Å². The van der Waals surface area contributed by atoms with Crippen molar-refractivity contribution in [1.29, 1.82) is 0 Å². The first-order valence-electron chi connectivity index (χ1n) is 9.05. The average molecular weight is 348 g/mol. The second kappa shape index (κ2) is 7.95. The SMILES string of the molecule is O=C1C(O)CCCCN1CC(=O)N(CCc1cccc(F)c1)C1CC1. The topological polar surface area (TPSA) is 60.9 Å². The van der Waals surface area contributed by atoms with E-state index in [0.29, 0.717) is 25.9 Å². The molecule has 1 aliphatic heterocycles. The molecule has 1 heterocycles. The van der Waals surface area contributed by atoms with Crippen molar-refractivity contribution >= 4 is 11.8 Å². The molecule has 136 valence electrons.